The van der Waals surface area contributed by atoms with Gasteiger partial charge in [-0.3, -0.25) is 19.9 Å². The van der Waals surface area contributed by atoms with Gasteiger partial charge in [-0.15, -0.1) is 0 Å². The molecule has 0 aromatic carbocycles. The molecule has 16 heavy (non-hydrogen) atoms. The normalized spacial score (nSPS) is 16.2. The van der Waals surface area contributed by atoms with Crippen molar-refractivity contribution >= 4 is 17.5 Å². The summed E-state index contributed by atoms with van der Waals surface area (Å²) in [7, 11) is 0. The molecule has 1 aliphatic heterocycles. The number of piperazine rings is 1. The summed E-state index contributed by atoms with van der Waals surface area (Å²) >= 11 is 0. The lowest BCUT2D eigenvalue weighted by Crippen LogP contribution is -2.51. The fourth-order valence-corrected chi connectivity index (χ4v) is 1.82. The van der Waals surface area contributed by atoms with E-state index in [1.807, 2.05) is 26.0 Å². The Morgan fingerprint density at radius 1 is 1.19 bits per heavy atom. The van der Waals surface area contributed by atoms with Gasteiger partial charge in [0.15, 0.2) is 0 Å². The summed E-state index contributed by atoms with van der Waals surface area (Å²) in [5, 5.41) is 2.27. The molecule has 0 spiro atoms. The van der Waals surface area contributed by atoms with E-state index in [2.05, 4.69) is 10.3 Å². The number of imide groups is 1. The second kappa shape index (κ2) is 3.92. The molecule has 1 fully saturated rings. The number of carbonyl (C=O) groups is 2. The minimum Gasteiger partial charge on any atom is -0.351 e. The van der Waals surface area contributed by atoms with Gasteiger partial charge in [0.25, 0.3) is 0 Å². The topological polar surface area (TPSA) is 62.3 Å². The molecule has 5 nitrogen and oxygen atoms in total. The van der Waals surface area contributed by atoms with Crippen LogP contribution in [0, 0.1) is 13.8 Å². The molecule has 0 unspecified atom stereocenters. The fourth-order valence-electron chi connectivity index (χ4n) is 1.82. The Balaban J connectivity index is 2.29. The van der Waals surface area contributed by atoms with Gasteiger partial charge in [-0.2, -0.15) is 0 Å². The smallest absolute Gasteiger partial charge is 0.246 e. The molecule has 0 bridgehead atoms. The van der Waals surface area contributed by atoms with E-state index in [4.69, 9.17) is 0 Å². The van der Waals surface area contributed by atoms with Gasteiger partial charge < -0.3 is 4.90 Å². The van der Waals surface area contributed by atoms with Crippen molar-refractivity contribution in [3.8, 4) is 0 Å². The number of nitrogens with zero attached hydrogens (tertiary/aromatic N) is 2. The van der Waals surface area contributed by atoms with Gasteiger partial charge in [0.05, 0.1) is 24.5 Å². The van der Waals surface area contributed by atoms with E-state index >= 15 is 0 Å². The number of aromatic nitrogens is 1. The summed E-state index contributed by atoms with van der Waals surface area (Å²) in [5.74, 6) is -0.535. The summed E-state index contributed by atoms with van der Waals surface area (Å²) in [6, 6.07) is 3.77. The molecule has 2 rings (SSSR count). The van der Waals surface area contributed by atoms with Gasteiger partial charge in [0.1, 0.15) is 0 Å². The highest BCUT2D eigenvalue weighted by Crippen LogP contribution is 2.19. The second-order valence-electron chi connectivity index (χ2n) is 3.88. The molecule has 0 saturated carbocycles. The highest BCUT2D eigenvalue weighted by atomic mass is 16.2. The van der Waals surface area contributed by atoms with E-state index in [0.29, 0.717) is 0 Å². The number of anilines is 1. The Kier molecular flexibility index (Phi) is 2.60. The number of amides is 2. The summed E-state index contributed by atoms with van der Waals surface area (Å²) in [4.78, 5) is 28.5. The zero-order chi connectivity index (χ0) is 11.7. The third kappa shape index (κ3) is 2.03. The van der Waals surface area contributed by atoms with Gasteiger partial charge in [0.2, 0.25) is 11.8 Å². The Labute approximate surface area is 93.5 Å². The zero-order valence-electron chi connectivity index (χ0n) is 9.28. The molecule has 0 aliphatic carbocycles. The summed E-state index contributed by atoms with van der Waals surface area (Å²) in [6.45, 7) is 4.19. The van der Waals surface area contributed by atoms with Crippen molar-refractivity contribution in [3.05, 3.63) is 23.5 Å². The molecule has 84 valence electrons. The molecule has 2 heterocycles. The van der Waals surface area contributed by atoms with Crippen molar-refractivity contribution in [2.75, 3.05) is 18.0 Å². The van der Waals surface area contributed by atoms with Crippen LogP contribution in [0.5, 0.6) is 0 Å². The molecule has 5 heteroatoms. The molecule has 1 N–H and O–H groups in total. The predicted octanol–water partition coefficient (Wildman–Crippen LogP) is 0.161. The van der Waals surface area contributed by atoms with Crippen LogP contribution in [0.1, 0.15) is 11.4 Å². The monoisotopic (exact) mass is 219 g/mol. The average molecular weight is 219 g/mol. The molecule has 0 radical (unpaired) electrons. The van der Waals surface area contributed by atoms with E-state index in [1.54, 1.807) is 4.90 Å². The van der Waals surface area contributed by atoms with Crippen molar-refractivity contribution in [1.29, 1.82) is 0 Å². The lowest BCUT2D eigenvalue weighted by molar-refractivity contribution is -0.130. The summed E-state index contributed by atoms with van der Waals surface area (Å²) in [6.07, 6.45) is 0. The van der Waals surface area contributed by atoms with Gasteiger partial charge in [-0.1, -0.05) is 0 Å². The van der Waals surface area contributed by atoms with Gasteiger partial charge >= 0.3 is 0 Å². The van der Waals surface area contributed by atoms with Crippen LogP contribution >= 0.6 is 0 Å². The molecular weight excluding hydrogens is 206 g/mol. The Morgan fingerprint density at radius 2 is 1.81 bits per heavy atom. The van der Waals surface area contributed by atoms with Crippen molar-refractivity contribution < 1.29 is 9.59 Å². The standard InChI is InChI=1S/C11H13N3O2/c1-7-3-4-9(8(2)12-7)14-5-10(15)13-11(16)6-14/h3-4H,5-6H2,1-2H3,(H,13,15,16). The third-order valence-electron chi connectivity index (χ3n) is 2.49. The van der Waals surface area contributed by atoms with Gasteiger partial charge in [0, 0.05) is 5.69 Å². The number of nitrogens with one attached hydrogen (secondary N) is 1. The van der Waals surface area contributed by atoms with Crippen LogP contribution < -0.4 is 10.2 Å². The minimum atomic E-state index is -0.267. The third-order valence-corrected chi connectivity index (χ3v) is 2.49. The van der Waals surface area contributed by atoms with Crippen LogP contribution in [-0.4, -0.2) is 29.9 Å². The van der Waals surface area contributed by atoms with Crippen LogP contribution in [0.25, 0.3) is 0 Å². The quantitative estimate of drug-likeness (QED) is 0.683. The molecule has 1 aromatic rings. The van der Waals surface area contributed by atoms with E-state index < -0.39 is 0 Å². The van der Waals surface area contributed by atoms with Crippen LogP contribution in [0.4, 0.5) is 5.69 Å². The van der Waals surface area contributed by atoms with E-state index in [0.717, 1.165) is 17.1 Å². The number of pyridine rings is 1. The van der Waals surface area contributed by atoms with E-state index in [-0.39, 0.29) is 24.9 Å². The molecule has 1 aromatic heterocycles. The van der Waals surface area contributed by atoms with Gasteiger partial charge in [-0.25, -0.2) is 0 Å². The van der Waals surface area contributed by atoms with E-state index in [1.165, 1.54) is 0 Å². The maximum atomic E-state index is 11.2. The molecular formula is C11H13N3O2. The van der Waals surface area contributed by atoms with E-state index in [9.17, 15) is 9.59 Å². The molecule has 0 atom stereocenters. The van der Waals surface area contributed by atoms with Crippen LogP contribution in [0.3, 0.4) is 0 Å². The molecule has 1 aliphatic rings. The first-order valence-electron chi connectivity index (χ1n) is 5.08. The van der Waals surface area contributed by atoms with Crippen LogP contribution in [-0.2, 0) is 9.59 Å². The predicted molar refractivity (Wildman–Crippen MR) is 59.1 cm³/mol. The maximum Gasteiger partial charge on any atom is 0.246 e. The molecule has 1 saturated heterocycles. The number of rotatable bonds is 1. The van der Waals surface area contributed by atoms with Crippen LogP contribution in [0.15, 0.2) is 12.1 Å². The van der Waals surface area contributed by atoms with Crippen molar-refractivity contribution in [1.82, 2.24) is 10.3 Å². The second-order valence-corrected chi connectivity index (χ2v) is 3.88. The van der Waals surface area contributed by atoms with Crippen LogP contribution in [0.2, 0.25) is 0 Å². The summed E-state index contributed by atoms with van der Waals surface area (Å²) in [5.41, 5.74) is 2.60. The van der Waals surface area contributed by atoms with Gasteiger partial charge in [-0.05, 0) is 26.0 Å². The van der Waals surface area contributed by atoms with Crippen molar-refractivity contribution in [2.45, 2.75) is 13.8 Å². The highest BCUT2D eigenvalue weighted by Gasteiger charge is 2.23. The van der Waals surface area contributed by atoms with Crippen molar-refractivity contribution in [3.63, 3.8) is 0 Å². The lowest BCUT2D eigenvalue weighted by Gasteiger charge is -2.28. The lowest BCUT2D eigenvalue weighted by atomic mass is 10.2. The van der Waals surface area contributed by atoms with Crippen molar-refractivity contribution in [2.24, 2.45) is 0 Å². The number of carbonyl (C=O) groups excluding carboxylic acids is 2. The SMILES string of the molecule is Cc1ccc(N2CC(=O)NC(=O)C2)c(C)n1. The first-order valence-corrected chi connectivity index (χ1v) is 5.08. The largest absolute Gasteiger partial charge is 0.351 e. The average Bonchev–Trinajstić information content (AvgIpc) is 2.15. The Bertz CT molecular complexity index is 441. The zero-order valence-corrected chi connectivity index (χ0v) is 9.28. The first-order chi connectivity index (χ1) is 7.56. The minimum absolute atomic E-state index is 0.206. The Hall–Kier alpha value is -1.91. The Morgan fingerprint density at radius 3 is 2.38 bits per heavy atom. The maximum absolute atomic E-state index is 11.2. The molecule has 2 amide bonds. The summed E-state index contributed by atoms with van der Waals surface area (Å²) < 4.78 is 0. The number of hydrogen-bond acceptors (Lipinski definition) is 4. The number of aryl methyl sites for hydroxylation is 2. The fraction of sp³-hybridized carbons (Fsp3) is 0.364. The highest BCUT2D eigenvalue weighted by molar-refractivity contribution is 6.02. The number of hydrogen-bond donors (Lipinski definition) is 1. The first kappa shape index (κ1) is 10.6.